The minimum absolute atomic E-state index is 0.00460. The Bertz CT molecular complexity index is 1520. The third-order valence-corrected chi connectivity index (χ3v) is 8.65. The molecule has 0 spiro atoms. The van der Waals surface area contributed by atoms with Crippen molar-refractivity contribution in [1.82, 2.24) is 0 Å². The summed E-state index contributed by atoms with van der Waals surface area (Å²) in [6, 6.07) is 32.2. The van der Waals surface area contributed by atoms with Gasteiger partial charge in [-0.15, -0.1) is 0 Å². The van der Waals surface area contributed by atoms with Crippen molar-refractivity contribution < 1.29 is 33.5 Å². The third-order valence-electron chi connectivity index (χ3n) is 8.65. The van der Waals surface area contributed by atoms with E-state index in [2.05, 4.69) is 64.1 Å². The molecule has 2 saturated heterocycles. The summed E-state index contributed by atoms with van der Waals surface area (Å²) in [5.74, 6) is 2.93. The predicted octanol–water partition coefficient (Wildman–Crippen LogP) is 6.67. The van der Waals surface area contributed by atoms with Crippen LogP contribution in [0, 0.1) is 0 Å². The van der Waals surface area contributed by atoms with Gasteiger partial charge in [-0.1, -0.05) is 76.2 Å². The van der Waals surface area contributed by atoms with E-state index in [0.29, 0.717) is 24.7 Å². The average Bonchev–Trinajstić information content (AvgIpc) is 3.99. The first kappa shape index (κ1) is 31.0. The molecule has 4 aromatic carbocycles. The van der Waals surface area contributed by atoms with Gasteiger partial charge in [0.25, 0.3) is 0 Å². The number of epoxide rings is 2. The number of hydrogen-bond donors (Lipinski definition) is 1. The Kier molecular flexibility index (Phi) is 9.04. The van der Waals surface area contributed by atoms with Crippen molar-refractivity contribution in [1.29, 1.82) is 0 Å². The van der Waals surface area contributed by atoms with Gasteiger partial charge in [0.15, 0.2) is 6.61 Å². The van der Waals surface area contributed by atoms with Gasteiger partial charge in [0.2, 0.25) is 6.29 Å². The first-order valence-corrected chi connectivity index (χ1v) is 15.6. The van der Waals surface area contributed by atoms with E-state index in [0.717, 1.165) is 35.8 Å². The van der Waals surface area contributed by atoms with Gasteiger partial charge in [-0.2, -0.15) is 0 Å². The topological polar surface area (TPSA) is 82.2 Å². The minimum Gasteiger partial charge on any atom is -0.491 e. The molecular weight excluding hydrogens is 568 g/mol. The second kappa shape index (κ2) is 13.1. The van der Waals surface area contributed by atoms with Crippen molar-refractivity contribution in [2.45, 2.75) is 57.0 Å². The van der Waals surface area contributed by atoms with Crippen molar-refractivity contribution in [2.75, 3.05) is 33.0 Å². The van der Waals surface area contributed by atoms with E-state index in [9.17, 15) is 5.11 Å². The summed E-state index contributed by atoms with van der Waals surface area (Å²) in [7, 11) is 0. The SMILES string of the molecule is CC(C)(c1ccc(OCC(O)Oc2ccc(C(C)(C)c3ccc(OCC4CO4)cc3)cc2)cc1)c1ccc(OCC2CO2)cc1. The second-order valence-electron chi connectivity index (χ2n) is 12.8. The molecule has 0 amide bonds. The number of hydrogen-bond acceptors (Lipinski definition) is 7. The van der Waals surface area contributed by atoms with Crippen LogP contribution in [-0.2, 0) is 20.3 Å². The van der Waals surface area contributed by atoms with E-state index >= 15 is 0 Å². The highest BCUT2D eigenvalue weighted by atomic mass is 16.6. The molecule has 236 valence electrons. The molecule has 0 radical (unpaired) electrons. The van der Waals surface area contributed by atoms with Gasteiger partial charge < -0.3 is 33.5 Å². The van der Waals surface area contributed by atoms with Crippen LogP contribution >= 0.6 is 0 Å². The fourth-order valence-electron chi connectivity index (χ4n) is 5.25. The molecular formula is C38H42O7. The Morgan fingerprint density at radius 2 is 0.867 bits per heavy atom. The van der Waals surface area contributed by atoms with Crippen molar-refractivity contribution in [3.63, 3.8) is 0 Å². The summed E-state index contributed by atoms with van der Waals surface area (Å²) >= 11 is 0. The summed E-state index contributed by atoms with van der Waals surface area (Å²) in [4.78, 5) is 0. The van der Waals surface area contributed by atoms with Crippen molar-refractivity contribution in [3.05, 3.63) is 119 Å². The first-order chi connectivity index (χ1) is 21.7. The smallest absolute Gasteiger partial charge is 0.231 e. The van der Waals surface area contributed by atoms with Gasteiger partial charge in [0, 0.05) is 10.8 Å². The molecule has 0 aliphatic carbocycles. The van der Waals surface area contributed by atoms with Gasteiger partial charge >= 0.3 is 0 Å². The largest absolute Gasteiger partial charge is 0.491 e. The third kappa shape index (κ3) is 7.98. The fraction of sp³-hybridized carbons (Fsp3) is 0.368. The Hall–Kier alpha value is -4.04. The lowest BCUT2D eigenvalue weighted by Gasteiger charge is -2.27. The zero-order chi connectivity index (χ0) is 31.4. The molecule has 2 aliphatic heterocycles. The molecule has 7 heteroatoms. The molecule has 3 atom stereocenters. The Morgan fingerprint density at radius 1 is 0.556 bits per heavy atom. The van der Waals surface area contributed by atoms with Crippen LogP contribution < -0.4 is 18.9 Å². The molecule has 2 aliphatic rings. The van der Waals surface area contributed by atoms with Gasteiger partial charge in [0.1, 0.15) is 48.4 Å². The lowest BCUT2D eigenvalue weighted by atomic mass is 9.78. The van der Waals surface area contributed by atoms with Crippen LogP contribution in [0.2, 0.25) is 0 Å². The summed E-state index contributed by atoms with van der Waals surface area (Å²) in [6.45, 7) is 11.5. The summed E-state index contributed by atoms with van der Waals surface area (Å²) in [5.41, 5.74) is 4.23. The molecule has 0 aromatic heterocycles. The van der Waals surface area contributed by atoms with Crippen LogP contribution in [0.4, 0.5) is 0 Å². The molecule has 3 unspecified atom stereocenters. The maximum Gasteiger partial charge on any atom is 0.231 e. The number of ether oxygens (including phenoxy) is 6. The normalized spacial score (nSPS) is 18.2. The quantitative estimate of drug-likeness (QED) is 0.119. The molecule has 2 fully saturated rings. The lowest BCUT2D eigenvalue weighted by Crippen LogP contribution is -2.24. The summed E-state index contributed by atoms with van der Waals surface area (Å²) < 4.78 is 33.6. The Morgan fingerprint density at radius 3 is 1.20 bits per heavy atom. The van der Waals surface area contributed by atoms with Gasteiger partial charge in [-0.25, -0.2) is 0 Å². The van der Waals surface area contributed by atoms with E-state index < -0.39 is 6.29 Å². The van der Waals surface area contributed by atoms with Gasteiger partial charge in [0.05, 0.1) is 13.2 Å². The Labute approximate surface area is 265 Å². The monoisotopic (exact) mass is 610 g/mol. The van der Waals surface area contributed by atoms with Gasteiger partial charge in [-0.05, 0) is 70.8 Å². The van der Waals surface area contributed by atoms with Crippen LogP contribution in [0.3, 0.4) is 0 Å². The van der Waals surface area contributed by atoms with Crippen LogP contribution in [0.25, 0.3) is 0 Å². The van der Waals surface area contributed by atoms with Crippen molar-refractivity contribution >= 4 is 0 Å². The van der Waals surface area contributed by atoms with Crippen LogP contribution in [0.1, 0.15) is 49.9 Å². The molecule has 7 nitrogen and oxygen atoms in total. The number of rotatable bonds is 15. The average molecular weight is 611 g/mol. The van der Waals surface area contributed by atoms with E-state index in [1.54, 1.807) is 0 Å². The highest BCUT2D eigenvalue weighted by Crippen LogP contribution is 2.35. The maximum atomic E-state index is 10.5. The number of aliphatic hydroxyl groups is 1. The zero-order valence-corrected chi connectivity index (χ0v) is 26.4. The standard InChI is InChI=1S/C38H42O7/c1-37(2,26-5-13-30(14-6-26)40-21-34-23-42-34)28-9-17-32(18-10-28)44-25-36(39)45-33-19-11-29(12-20-33)38(3,4)27-7-15-31(16-8-27)41-22-35-24-43-35/h5-20,34-36,39H,21-25H2,1-4H3. The van der Waals surface area contributed by atoms with E-state index in [-0.39, 0.29) is 29.6 Å². The minimum atomic E-state index is -1.11. The first-order valence-electron chi connectivity index (χ1n) is 15.6. The van der Waals surface area contributed by atoms with E-state index in [1.165, 1.54) is 11.1 Å². The second-order valence-corrected chi connectivity index (χ2v) is 12.8. The zero-order valence-electron chi connectivity index (χ0n) is 26.4. The molecule has 2 heterocycles. The van der Waals surface area contributed by atoms with E-state index in [4.69, 9.17) is 28.4 Å². The predicted molar refractivity (Wildman–Crippen MR) is 173 cm³/mol. The summed E-state index contributed by atoms with van der Waals surface area (Å²) in [5, 5.41) is 10.5. The van der Waals surface area contributed by atoms with E-state index in [1.807, 2.05) is 60.7 Å². The van der Waals surface area contributed by atoms with Crippen molar-refractivity contribution in [2.24, 2.45) is 0 Å². The highest BCUT2D eigenvalue weighted by molar-refractivity contribution is 5.43. The van der Waals surface area contributed by atoms with Crippen LogP contribution in [0.5, 0.6) is 23.0 Å². The lowest BCUT2D eigenvalue weighted by molar-refractivity contribution is -0.0478. The van der Waals surface area contributed by atoms with Crippen molar-refractivity contribution in [3.8, 4) is 23.0 Å². The number of benzene rings is 4. The molecule has 1 N–H and O–H groups in total. The van der Waals surface area contributed by atoms with Crippen LogP contribution in [-0.4, -0.2) is 56.6 Å². The number of aliphatic hydroxyl groups excluding tert-OH is 1. The molecule has 6 rings (SSSR count). The Balaban J connectivity index is 0.983. The van der Waals surface area contributed by atoms with Gasteiger partial charge in [-0.3, -0.25) is 0 Å². The highest BCUT2D eigenvalue weighted by Gasteiger charge is 2.26. The molecule has 4 aromatic rings. The fourth-order valence-corrected chi connectivity index (χ4v) is 5.25. The molecule has 45 heavy (non-hydrogen) atoms. The molecule has 0 bridgehead atoms. The van der Waals surface area contributed by atoms with Crippen LogP contribution in [0.15, 0.2) is 97.1 Å². The summed E-state index contributed by atoms with van der Waals surface area (Å²) in [6.07, 6.45) is -0.635. The maximum absolute atomic E-state index is 10.5. The molecule has 0 saturated carbocycles.